The Kier molecular flexibility index (Phi) is 5.97. The van der Waals surface area contributed by atoms with E-state index >= 15 is 0 Å². The summed E-state index contributed by atoms with van der Waals surface area (Å²) in [6.07, 6.45) is 1.30. The van der Waals surface area contributed by atoms with E-state index in [0.717, 1.165) is 18.2 Å². The van der Waals surface area contributed by atoms with Crippen molar-refractivity contribution in [2.24, 2.45) is 0 Å². The highest BCUT2D eigenvalue weighted by atomic mass is 32.2. The number of rotatable bonds is 7. The lowest BCUT2D eigenvalue weighted by atomic mass is 10.2. The minimum atomic E-state index is -4.00. The van der Waals surface area contributed by atoms with Crippen LogP contribution >= 0.6 is 0 Å². The van der Waals surface area contributed by atoms with Crippen LogP contribution in [-0.4, -0.2) is 28.0 Å². The smallest absolute Gasteiger partial charge is 0.257 e. The van der Waals surface area contributed by atoms with Gasteiger partial charge in [0.2, 0.25) is 0 Å². The summed E-state index contributed by atoms with van der Waals surface area (Å²) in [4.78, 5) is 12.3. The normalized spacial score (nSPS) is 12.4. The van der Waals surface area contributed by atoms with Gasteiger partial charge in [-0.2, -0.15) is 0 Å². The third-order valence-electron chi connectivity index (χ3n) is 4.26. The predicted octanol–water partition coefficient (Wildman–Crippen LogP) is 3.51. The Balaban J connectivity index is 1.89. The minimum Gasteiger partial charge on any atom is -0.497 e. The molecule has 0 fully saturated rings. The molecule has 1 atom stereocenters. The first kappa shape index (κ1) is 20.5. The van der Waals surface area contributed by atoms with E-state index in [-0.39, 0.29) is 10.7 Å². The number of carbonyl (C=O) groups excluding carboxylic acids is 1. The highest BCUT2D eigenvalue weighted by Crippen LogP contribution is 2.30. The topological polar surface area (TPSA) is 85.6 Å². The highest BCUT2D eigenvalue weighted by Gasteiger charge is 2.32. The van der Waals surface area contributed by atoms with Crippen LogP contribution in [0.3, 0.4) is 0 Å². The zero-order chi connectivity index (χ0) is 21.0. The quantitative estimate of drug-likeness (QED) is 0.631. The van der Waals surface area contributed by atoms with E-state index in [4.69, 9.17) is 9.15 Å². The number of furan rings is 1. The van der Waals surface area contributed by atoms with Crippen molar-refractivity contribution >= 4 is 15.7 Å². The number of nitrogens with one attached hydrogen (secondary N) is 1. The van der Waals surface area contributed by atoms with Crippen molar-refractivity contribution < 1.29 is 31.1 Å². The van der Waals surface area contributed by atoms with Crippen molar-refractivity contribution in [3.8, 4) is 5.75 Å². The van der Waals surface area contributed by atoms with Gasteiger partial charge in [0.05, 0.1) is 18.3 Å². The number of sulfone groups is 1. The fourth-order valence-electron chi connectivity index (χ4n) is 2.76. The van der Waals surface area contributed by atoms with Gasteiger partial charge < -0.3 is 14.5 Å². The summed E-state index contributed by atoms with van der Waals surface area (Å²) in [6, 6.07) is 11.7. The van der Waals surface area contributed by atoms with Crippen LogP contribution in [0.5, 0.6) is 5.75 Å². The maximum Gasteiger partial charge on any atom is 0.257 e. The first-order valence-electron chi connectivity index (χ1n) is 8.48. The number of methoxy groups -OCH3 is 1. The third-order valence-corrected chi connectivity index (χ3v) is 6.34. The number of hydrogen-bond donors (Lipinski definition) is 1. The van der Waals surface area contributed by atoms with E-state index in [1.807, 2.05) is 0 Å². The summed E-state index contributed by atoms with van der Waals surface area (Å²) >= 11 is 0. The van der Waals surface area contributed by atoms with Crippen molar-refractivity contribution in [1.82, 2.24) is 5.32 Å². The van der Waals surface area contributed by atoms with Gasteiger partial charge in [0.25, 0.3) is 5.91 Å². The number of carbonyl (C=O) groups is 1. The van der Waals surface area contributed by atoms with E-state index < -0.39 is 44.7 Å². The Labute approximate surface area is 166 Å². The van der Waals surface area contributed by atoms with Crippen LogP contribution < -0.4 is 10.1 Å². The van der Waals surface area contributed by atoms with E-state index in [1.54, 1.807) is 0 Å². The Morgan fingerprint density at radius 1 is 1.07 bits per heavy atom. The molecule has 29 heavy (non-hydrogen) atoms. The lowest BCUT2D eigenvalue weighted by molar-refractivity contribution is 0.0944. The molecule has 1 N–H and O–H groups in total. The fourth-order valence-corrected chi connectivity index (χ4v) is 4.34. The van der Waals surface area contributed by atoms with E-state index in [2.05, 4.69) is 5.32 Å². The first-order valence-corrected chi connectivity index (χ1v) is 10.0. The van der Waals surface area contributed by atoms with Gasteiger partial charge in [-0.25, -0.2) is 17.2 Å². The maximum absolute atomic E-state index is 13.8. The molecule has 9 heteroatoms. The van der Waals surface area contributed by atoms with Crippen molar-refractivity contribution in [2.75, 3.05) is 13.7 Å². The molecule has 1 amide bonds. The molecule has 0 aliphatic carbocycles. The molecule has 0 bridgehead atoms. The van der Waals surface area contributed by atoms with Crippen molar-refractivity contribution in [3.63, 3.8) is 0 Å². The molecule has 1 heterocycles. The molecular weight excluding hydrogens is 404 g/mol. The maximum atomic E-state index is 13.8. The average molecular weight is 421 g/mol. The molecule has 0 saturated heterocycles. The van der Waals surface area contributed by atoms with Crippen LogP contribution in [0.15, 0.2) is 70.2 Å². The van der Waals surface area contributed by atoms with Crippen molar-refractivity contribution in [3.05, 3.63) is 83.8 Å². The van der Waals surface area contributed by atoms with Crippen molar-refractivity contribution in [2.45, 2.75) is 10.1 Å². The van der Waals surface area contributed by atoms with Crippen molar-refractivity contribution in [1.29, 1.82) is 0 Å². The zero-order valence-electron chi connectivity index (χ0n) is 15.3. The number of benzene rings is 2. The number of hydrogen-bond acceptors (Lipinski definition) is 5. The van der Waals surface area contributed by atoms with E-state index in [0.29, 0.717) is 5.75 Å². The first-order chi connectivity index (χ1) is 13.8. The van der Waals surface area contributed by atoms with Crippen LogP contribution in [0.2, 0.25) is 0 Å². The molecule has 0 aliphatic rings. The SMILES string of the molecule is COc1ccc(S(=O)(=O)C(CNC(=O)c2c(F)cccc2F)c2ccco2)cc1. The van der Waals surface area contributed by atoms with Crippen LogP contribution in [0, 0.1) is 11.6 Å². The summed E-state index contributed by atoms with van der Waals surface area (Å²) in [7, 11) is -2.55. The molecule has 3 aromatic rings. The molecule has 0 spiro atoms. The minimum absolute atomic E-state index is 0.0222. The molecule has 2 aromatic carbocycles. The second-order valence-electron chi connectivity index (χ2n) is 6.03. The monoisotopic (exact) mass is 421 g/mol. The molecule has 0 aliphatic heterocycles. The zero-order valence-corrected chi connectivity index (χ0v) is 16.1. The average Bonchev–Trinajstić information content (AvgIpc) is 3.22. The lowest BCUT2D eigenvalue weighted by Gasteiger charge is -2.17. The van der Waals surface area contributed by atoms with Gasteiger partial charge in [0.15, 0.2) is 9.84 Å². The van der Waals surface area contributed by atoms with Crippen LogP contribution in [0.1, 0.15) is 21.4 Å². The molecule has 152 valence electrons. The molecule has 0 radical (unpaired) electrons. The second kappa shape index (κ2) is 8.44. The second-order valence-corrected chi connectivity index (χ2v) is 8.16. The fraction of sp³-hybridized carbons (Fsp3) is 0.150. The number of ether oxygens (including phenoxy) is 1. The lowest BCUT2D eigenvalue weighted by Crippen LogP contribution is -2.32. The van der Waals surface area contributed by atoms with E-state index in [9.17, 15) is 22.0 Å². The number of halogens is 2. The van der Waals surface area contributed by atoms with Crippen LogP contribution in [0.4, 0.5) is 8.78 Å². The Morgan fingerprint density at radius 2 is 1.72 bits per heavy atom. The summed E-state index contributed by atoms with van der Waals surface area (Å²) < 4.78 is 64.1. The van der Waals surface area contributed by atoms with Gasteiger partial charge in [-0.1, -0.05) is 6.07 Å². The van der Waals surface area contributed by atoms with Gasteiger partial charge in [0, 0.05) is 6.54 Å². The molecule has 6 nitrogen and oxygen atoms in total. The Hall–Kier alpha value is -3.20. The Morgan fingerprint density at radius 3 is 2.28 bits per heavy atom. The van der Waals surface area contributed by atoms with Gasteiger partial charge in [-0.05, 0) is 48.5 Å². The summed E-state index contributed by atoms with van der Waals surface area (Å²) in [5, 5.41) is 0.983. The van der Waals surface area contributed by atoms with Crippen LogP contribution in [0.25, 0.3) is 0 Å². The number of amides is 1. The summed E-state index contributed by atoms with van der Waals surface area (Å²) in [6.45, 7) is -0.450. The largest absolute Gasteiger partial charge is 0.497 e. The van der Waals surface area contributed by atoms with Gasteiger partial charge in [0.1, 0.15) is 34.0 Å². The highest BCUT2D eigenvalue weighted by molar-refractivity contribution is 7.91. The molecule has 1 unspecified atom stereocenters. The van der Waals surface area contributed by atoms with Crippen LogP contribution in [-0.2, 0) is 9.84 Å². The standard InChI is InChI=1S/C20H17F2NO5S/c1-27-13-7-9-14(10-8-13)29(25,26)18(17-6-3-11-28-17)12-23-20(24)19-15(21)4-2-5-16(19)22/h2-11,18H,12H2,1H3,(H,23,24). The van der Waals surface area contributed by atoms with Gasteiger partial charge >= 0.3 is 0 Å². The molecule has 1 aromatic heterocycles. The summed E-state index contributed by atoms with van der Waals surface area (Å²) in [5.41, 5.74) is -0.785. The third kappa shape index (κ3) is 4.29. The molecule has 0 saturated carbocycles. The summed E-state index contributed by atoms with van der Waals surface area (Å²) in [5.74, 6) is -2.61. The molecular formula is C20H17F2NO5S. The van der Waals surface area contributed by atoms with E-state index in [1.165, 1.54) is 49.8 Å². The van der Waals surface area contributed by atoms with Gasteiger partial charge in [-0.3, -0.25) is 4.79 Å². The molecule has 3 rings (SSSR count). The Bertz CT molecular complexity index is 1080. The predicted molar refractivity (Wildman–Crippen MR) is 100 cm³/mol. The van der Waals surface area contributed by atoms with Gasteiger partial charge in [-0.15, -0.1) is 0 Å².